The van der Waals surface area contributed by atoms with Gasteiger partial charge in [0, 0.05) is 17.8 Å². The third-order valence-electron chi connectivity index (χ3n) is 3.60. The third-order valence-corrected chi connectivity index (χ3v) is 3.60. The van der Waals surface area contributed by atoms with E-state index in [9.17, 15) is 9.60 Å². The fraction of sp³-hybridized carbons (Fsp3) is 0.176. The maximum absolute atomic E-state index is 13.7. The highest BCUT2D eigenvalue weighted by atomic mass is 19.1. The molecule has 22 heavy (non-hydrogen) atoms. The van der Waals surface area contributed by atoms with Crippen LogP contribution in [0.1, 0.15) is 11.1 Å². The van der Waals surface area contributed by atoms with Crippen LogP contribution in [0, 0.1) is 12.7 Å². The van der Waals surface area contributed by atoms with Gasteiger partial charge in [0.15, 0.2) is 0 Å². The molecule has 0 saturated carbocycles. The molecule has 4 nitrogen and oxygen atoms in total. The maximum Gasteiger partial charge on any atom is 0.145 e. The van der Waals surface area contributed by atoms with Crippen molar-refractivity contribution in [1.29, 1.82) is 0 Å². The number of hydrogen-bond donors (Lipinski definition) is 1. The molecule has 1 aliphatic rings. The van der Waals surface area contributed by atoms with Gasteiger partial charge in [0.2, 0.25) is 0 Å². The van der Waals surface area contributed by atoms with Crippen molar-refractivity contribution in [1.82, 2.24) is 5.06 Å². The van der Waals surface area contributed by atoms with E-state index >= 15 is 0 Å². The average molecular weight is 297 g/mol. The van der Waals surface area contributed by atoms with Gasteiger partial charge in [-0.15, -0.1) is 0 Å². The first-order valence-electron chi connectivity index (χ1n) is 6.96. The fourth-order valence-electron chi connectivity index (χ4n) is 2.46. The van der Waals surface area contributed by atoms with Crippen LogP contribution in [-0.4, -0.2) is 29.7 Å². The predicted octanol–water partition coefficient (Wildman–Crippen LogP) is 1.64. The molecule has 112 valence electrons. The van der Waals surface area contributed by atoms with E-state index in [1.807, 2.05) is 31.2 Å². The van der Waals surface area contributed by atoms with Gasteiger partial charge in [-0.2, -0.15) is 0 Å². The van der Waals surface area contributed by atoms with E-state index < -0.39 is 0 Å². The second kappa shape index (κ2) is 5.69. The SMILES string of the molecule is CN=C1CN(O)C(c2ccc(C)cc2)=c2cc(F)ccc2=N1. The van der Waals surface area contributed by atoms with E-state index in [1.165, 1.54) is 12.1 Å². The van der Waals surface area contributed by atoms with Crippen molar-refractivity contribution in [3.05, 3.63) is 70.0 Å². The van der Waals surface area contributed by atoms with Crippen molar-refractivity contribution in [2.45, 2.75) is 6.92 Å². The number of hydroxylamine groups is 2. The van der Waals surface area contributed by atoms with Crippen molar-refractivity contribution in [3.8, 4) is 0 Å². The van der Waals surface area contributed by atoms with Crippen LogP contribution in [-0.2, 0) is 0 Å². The van der Waals surface area contributed by atoms with E-state index in [0.717, 1.165) is 16.2 Å². The van der Waals surface area contributed by atoms with Gasteiger partial charge in [-0.05, 0) is 25.1 Å². The Labute approximate surface area is 127 Å². The number of aryl methyl sites for hydroxylation is 1. The molecule has 0 fully saturated rings. The summed E-state index contributed by atoms with van der Waals surface area (Å²) in [6.45, 7) is 2.14. The molecule has 0 saturated heterocycles. The molecule has 1 aliphatic heterocycles. The summed E-state index contributed by atoms with van der Waals surface area (Å²) in [7, 11) is 1.62. The maximum atomic E-state index is 13.7. The van der Waals surface area contributed by atoms with E-state index in [2.05, 4.69) is 9.98 Å². The highest BCUT2D eigenvalue weighted by Crippen LogP contribution is 2.16. The van der Waals surface area contributed by atoms with Gasteiger partial charge in [-0.1, -0.05) is 29.8 Å². The number of aliphatic imine (C=N–C) groups is 1. The van der Waals surface area contributed by atoms with Gasteiger partial charge < -0.3 is 0 Å². The summed E-state index contributed by atoms with van der Waals surface area (Å²) in [4.78, 5) is 8.47. The van der Waals surface area contributed by atoms with Gasteiger partial charge >= 0.3 is 0 Å². The second-order valence-corrected chi connectivity index (χ2v) is 5.19. The van der Waals surface area contributed by atoms with E-state index in [4.69, 9.17) is 0 Å². The van der Waals surface area contributed by atoms with Crippen LogP contribution in [0.5, 0.6) is 0 Å². The molecule has 2 aromatic carbocycles. The summed E-state index contributed by atoms with van der Waals surface area (Å²) in [5.74, 6) is 0.112. The molecular weight excluding hydrogens is 281 g/mol. The van der Waals surface area contributed by atoms with Crippen LogP contribution in [0.2, 0.25) is 0 Å². The summed E-state index contributed by atoms with van der Waals surface area (Å²) in [5, 5.41) is 12.7. The van der Waals surface area contributed by atoms with Crippen LogP contribution in [0.15, 0.2) is 52.4 Å². The quantitative estimate of drug-likeness (QED) is 0.870. The Morgan fingerprint density at radius 1 is 1.18 bits per heavy atom. The van der Waals surface area contributed by atoms with Crippen LogP contribution in [0.25, 0.3) is 5.70 Å². The van der Waals surface area contributed by atoms with Crippen molar-refractivity contribution >= 4 is 11.5 Å². The van der Waals surface area contributed by atoms with Gasteiger partial charge in [0.05, 0.1) is 11.1 Å². The number of nitrogens with zero attached hydrogens (tertiary/aromatic N) is 3. The first-order valence-corrected chi connectivity index (χ1v) is 6.96. The molecule has 0 spiro atoms. The number of hydrogen-bond acceptors (Lipinski definition) is 3. The van der Waals surface area contributed by atoms with Crippen LogP contribution < -0.4 is 10.6 Å². The van der Waals surface area contributed by atoms with Crippen LogP contribution in [0.4, 0.5) is 4.39 Å². The molecule has 0 atom stereocenters. The zero-order chi connectivity index (χ0) is 15.7. The van der Waals surface area contributed by atoms with Crippen LogP contribution >= 0.6 is 0 Å². The fourth-order valence-corrected chi connectivity index (χ4v) is 2.46. The predicted molar refractivity (Wildman–Crippen MR) is 82.7 cm³/mol. The minimum Gasteiger partial charge on any atom is -0.288 e. The Balaban J connectivity index is 2.39. The normalized spacial score (nSPS) is 16.3. The molecule has 3 rings (SSSR count). The monoisotopic (exact) mass is 297 g/mol. The third kappa shape index (κ3) is 2.63. The molecule has 0 unspecified atom stereocenters. The highest BCUT2D eigenvalue weighted by molar-refractivity contribution is 5.87. The molecule has 0 aromatic heterocycles. The lowest BCUT2D eigenvalue weighted by molar-refractivity contribution is -0.0120. The highest BCUT2D eigenvalue weighted by Gasteiger charge is 2.17. The Bertz CT molecular complexity index is 856. The Kier molecular flexibility index (Phi) is 3.73. The Morgan fingerprint density at radius 2 is 1.91 bits per heavy atom. The molecule has 0 amide bonds. The summed E-state index contributed by atoms with van der Waals surface area (Å²) in [6.07, 6.45) is 0. The minimum absolute atomic E-state index is 0.149. The van der Waals surface area contributed by atoms with Gasteiger partial charge in [-0.3, -0.25) is 10.2 Å². The van der Waals surface area contributed by atoms with Crippen molar-refractivity contribution < 1.29 is 9.60 Å². The number of fused-ring (bicyclic) bond motifs is 1. The van der Waals surface area contributed by atoms with E-state index in [1.54, 1.807) is 13.1 Å². The number of halogens is 1. The van der Waals surface area contributed by atoms with Crippen molar-refractivity contribution in [2.75, 3.05) is 13.6 Å². The first kappa shape index (κ1) is 14.4. The lowest BCUT2D eigenvalue weighted by Gasteiger charge is -2.19. The summed E-state index contributed by atoms with van der Waals surface area (Å²) in [6, 6.07) is 12.0. The average Bonchev–Trinajstić information content (AvgIpc) is 2.64. The first-order chi connectivity index (χ1) is 10.6. The van der Waals surface area contributed by atoms with Crippen molar-refractivity contribution in [3.63, 3.8) is 0 Å². The summed E-state index contributed by atoms with van der Waals surface area (Å²) >= 11 is 0. The Hall–Kier alpha value is -2.53. The van der Waals surface area contributed by atoms with Gasteiger partial charge in [-0.25, -0.2) is 14.4 Å². The lowest BCUT2D eigenvalue weighted by Crippen LogP contribution is -2.32. The largest absolute Gasteiger partial charge is 0.288 e. The topological polar surface area (TPSA) is 48.2 Å². The molecule has 0 radical (unpaired) electrons. The second-order valence-electron chi connectivity index (χ2n) is 5.19. The summed E-state index contributed by atoms with van der Waals surface area (Å²) in [5.41, 5.74) is 2.44. The molecule has 5 heteroatoms. The molecular formula is C17H16FN3O. The lowest BCUT2D eigenvalue weighted by atomic mass is 10.1. The molecule has 0 aliphatic carbocycles. The molecule has 0 bridgehead atoms. The zero-order valence-electron chi connectivity index (χ0n) is 12.4. The standard InChI is InChI=1S/C17H16FN3O/c1-11-3-5-12(6-4-11)17-14-9-13(18)7-8-15(14)20-16(19-2)10-21(17)22/h3-9,22H,10H2,1-2H3. The number of rotatable bonds is 1. The molecule has 1 N–H and O–H groups in total. The Morgan fingerprint density at radius 3 is 2.59 bits per heavy atom. The van der Waals surface area contributed by atoms with Gasteiger partial charge in [0.25, 0.3) is 0 Å². The smallest absolute Gasteiger partial charge is 0.145 e. The zero-order valence-corrected chi connectivity index (χ0v) is 12.4. The van der Waals surface area contributed by atoms with Gasteiger partial charge in [0.1, 0.15) is 18.2 Å². The van der Waals surface area contributed by atoms with E-state index in [-0.39, 0.29) is 12.4 Å². The minimum atomic E-state index is -0.371. The van der Waals surface area contributed by atoms with Crippen LogP contribution in [0.3, 0.4) is 0 Å². The van der Waals surface area contributed by atoms with Crippen molar-refractivity contribution in [2.24, 2.45) is 9.98 Å². The molecule has 1 heterocycles. The molecule has 2 aromatic rings. The number of amidine groups is 1. The van der Waals surface area contributed by atoms with E-state index in [0.29, 0.717) is 22.1 Å². The summed E-state index contributed by atoms with van der Waals surface area (Å²) < 4.78 is 13.7. The number of benzene rings is 2.